The number of likely N-dealkylation sites (tertiary alicyclic amines) is 1. The van der Waals surface area contributed by atoms with Crippen LogP contribution in [0.5, 0.6) is 0 Å². The van der Waals surface area contributed by atoms with Crippen molar-refractivity contribution >= 4 is 22.8 Å². The highest BCUT2D eigenvalue weighted by atomic mass is 16.4. The van der Waals surface area contributed by atoms with Gasteiger partial charge in [-0.05, 0) is 12.0 Å². The molecule has 1 aromatic heterocycles. The van der Waals surface area contributed by atoms with Gasteiger partial charge in [0.05, 0.1) is 11.5 Å². The van der Waals surface area contributed by atoms with Gasteiger partial charge in [-0.25, -0.2) is 0 Å². The fourth-order valence-corrected chi connectivity index (χ4v) is 2.87. The minimum atomic E-state index is -0.827. The lowest BCUT2D eigenvalue weighted by Crippen LogP contribution is -2.29. The quantitative estimate of drug-likeness (QED) is 0.877. The predicted octanol–water partition coefficient (Wildman–Crippen LogP) is 1.96. The molecule has 2 aromatic rings. The van der Waals surface area contributed by atoms with Crippen LogP contribution in [-0.2, 0) is 4.79 Å². The number of para-hydroxylation sites is 1. The number of benzene rings is 1. The summed E-state index contributed by atoms with van der Waals surface area (Å²) in [6, 6.07) is 7.61. The van der Waals surface area contributed by atoms with Gasteiger partial charge in [-0.3, -0.25) is 9.59 Å². The van der Waals surface area contributed by atoms with E-state index in [1.165, 1.54) is 0 Å². The lowest BCUT2D eigenvalue weighted by molar-refractivity contribution is -0.142. The van der Waals surface area contributed by atoms with Gasteiger partial charge in [0.15, 0.2) is 0 Å². The molecule has 1 aromatic carbocycles. The van der Waals surface area contributed by atoms with Crippen molar-refractivity contribution in [1.29, 1.82) is 0 Å². The van der Waals surface area contributed by atoms with E-state index in [1.807, 2.05) is 31.2 Å². The van der Waals surface area contributed by atoms with Gasteiger partial charge in [-0.15, -0.1) is 0 Å². The monoisotopic (exact) mass is 272 g/mol. The van der Waals surface area contributed by atoms with E-state index in [2.05, 4.69) is 4.98 Å². The molecule has 0 bridgehead atoms. The number of nitrogens with zero attached hydrogens (tertiary/aromatic N) is 1. The van der Waals surface area contributed by atoms with Crippen LogP contribution in [0.4, 0.5) is 0 Å². The zero-order chi connectivity index (χ0) is 14.3. The Labute approximate surface area is 116 Å². The molecule has 20 heavy (non-hydrogen) atoms. The highest BCUT2D eigenvalue weighted by molar-refractivity contribution is 6.06. The van der Waals surface area contributed by atoms with E-state index in [-0.39, 0.29) is 18.4 Å². The number of carbonyl (C=O) groups excluding carboxylic acids is 1. The second kappa shape index (κ2) is 4.67. The Bertz CT molecular complexity index is 677. The third-order valence-electron chi connectivity index (χ3n) is 4.04. The standard InChI is InChI=1S/C15H16N2O3/c1-9-7-17(8-12(9)15(19)20)14(18)11-6-16-13-5-3-2-4-10(11)13/h2-6,9,12,16H,7-8H2,1H3,(H,19,20). The maximum Gasteiger partial charge on any atom is 0.308 e. The topological polar surface area (TPSA) is 73.4 Å². The number of hydrogen-bond acceptors (Lipinski definition) is 2. The maximum atomic E-state index is 12.5. The van der Waals surface area contributed by atoms with Crippen LogP contribution in [0.25, 0.3) is 10.9 Å². The van der Waals surface area contributed by atoms with Gasteiger partial charge in [-0.1, -0.05) is 25.1 Å². The van der Waals surface area contributed by atoms with Crippen molar-refractivity contribution in [3.63, 3.8) is 0 Å². The molecule has 0 radical (unpaired) electrons. The average Bonchev–Trinajstić information content (AvgIpc) is 3.01. The van der Waals surface area contributed by atoms with Gasteiger partial charge in [0.2, 0.25) is 0 Å². The number of aromatic nitrogens is 1. The molecule has 2 N–H and O–H groups in total. The third kappa shape index (κ3) is 1.95. The van der Waals surface area contributed by atoms with Crippen LogP contribution >= 0.6 is 0 Å². The van der Waals surface area contributed by atoms with Crippen molar-refractivity contribution in [3.05, 3.63) is 36.0 Å². The number of fused-ring (bicyclic) bond motifs is 1. The fourth-order valence-electron chi connectivity index (χ4n) is 2.87. The lowest BCUT2D eigenvalue weighted by atomic mass is 9.99. The van der Waals surface area contributed by atoms with Crippen LogP contribution in [0.3, 0.4) is 0 Å². The summed E-state index contributed by atoms with van der Waals surface area (Å²) in [4.78, 5) is 28.4. The van der Waals surface area contributed by atoms with E-state index in [9.17, 15) is 9.59 Å². The van der Waals surface area contributed by atoms with Crippen molar-refractivity contribution in [3.8, 4) is 0 Å². The summed E-state index contributed by atoms with van der Waals surface area (Å²) in [6.45, 7) is 2.66. The molecule has 1 aliphatic rings. The minimum Gasteiger partial charge on any atom is -0.481 e. The van der Waals surface area contributed by atoms with E-state index in [0.29, 0.717) is 12.1 Å². The highest BCUT2D eigenvalue weighted by Crippen LogP contribution is 2.27. The van der Waals surface area contributed by atoms with E-state index in [4.69, 9.17) is 5.11 Å². The van der Waals surface area contributed by atoms with Crippen LogP contribution in [-0.4, -0.2) is 40.0 Å². The van der Waals surface area contributed by atoms with Gasteiger partial charge in [-0.2, -0.15) is 0 Å². The first kappa shape index (κ1) is 12.7. The van der Waals surface area contributed by atoms with Crippen LogP contribution in [0, 0.1) is 11.8 Å². The number of H-pyrrole nitrogens is 1. The third-order valence-corrected chi connectivity index (χ3v) is 4.04. The molecule has 1 fully saturated rings. The SMILES string of the molecule is CC1CN(C(=O)c2c[nH]c3ccccc23)CC1C(=O)O. The number of rotatable bonds is 2. The summed E-state index contributed by atoms with van der Waals surface area (Å²) in [6.07, 6.45) is 1.70. The molecule has 2 unspecified atom stereocenters. The van der Waals surface area contributed by atoms with Crippen LogP contribution in [0.1, 0.15) is 17.3 Å². The Morgan fingerprint density at radius 2 is 2.05 bits per heavy atom. The first-order valence-electron chi connectivity index (χ1n) is 6.66. The summed E-state index contributed by atoms with van der Waals surface area (Å²) in [5.41, 5.74) is 1.52. The minimum absolute atomic E-state index is 0.0124. The first-order chi connectivity index (χ1) is 9.58. The fraction of sp³-hybridized carbons (Fsp3) is 0.333. The van der Waals surface area contributed by atoms with Gasteiger partial charge in [0.25, 0.3) is 5.91 Å². The molecule has 5 heteroatoms. The molecule has 0 spiro atoms. The number of carbonyl (C=O) groups is 2. The summed E-state index contributed by atoms with van der Waals surface area (Å²) in [5.74, 6) is -1.41. The number of aliphatic carboxylic acids is 1. The Kier molecular flexibility index (Phi) is 2.97. The van der Waals surface area contributed by atoms with Crippen molar-refractivity contribution in [2.75, 3.05) is 13.1 Å². The molecular formula is C15H16N2O3. The van der Waals surface area contributed by atoms with E-state index < -0.39 is 11.9 Å². The van der Waals surface area contributed by atoms with E-state index in [1.54, 1.807) is 11.1 Å². The van der Waals surface area contributed by atoms with Crippen molar-refractivity contribution in [2.24, 2.45) is 11.8 Å². The van der Waals surface area contributed by atoms with Gasteiger partial charge in [0.1, 0.15) is 0 Å². The highest BCUT2D eigenvalue weighted by Gasteiger charge is 2.37. The number of amides is 1. The van der Waals surface area contributed by atoms with Crippen LogP contribution < -0.4 is 0 Å². The van der Waals surface area contributed by atoms with Crippen LogP contribution in [0.15, 0.2) is 30.5 Å². The van der Waals surface area contributed by atoms with Crippen LogP contribution in [0.2, 0.25) is 0 Å². The predicted molar refractivity (Wildman–Crippen MR) is 74.5 cm³/mol. The largest absolute Gasteiger partial charge is 0.481 e. The molecule has 2 heterocycles. The zero-order valence-electron chi connectivity index (χ0n) is 11.2. The van der Waals surface area contributed by atoms with E-state index >= 15 is 0 Å². The second-order valence-electron chi connectivity index (χ2n) is 5.38. The molecule has 0 saturated carbocycles. The molecule has 1 amide bonds. The molecule has 0 aliphatic carbocycles. The molecule has 1 aliphatic heterocycles. The lowest BCUT2D eigenvalue weighted by Gasteiger charge is -2.15. The number of carboxylic acids is 1. The average molecular weight is 272 g/mol. The normalized spacial score (nSPS) is 22.4. The number of hydrogen-bond donors (Lipinski definition) is 2. The molecular weight excluding hydrogens is 256 g/mol. The number of nitrogens with one attached hydrogen (secondary N) is 1. The Morgan fingerprint density at radius 3 is 2.75 bits per heavy atom. The number of aromatic amines is 1. The van der Waals surface area contributed by atoms with Crippen molar-refractivity contribution in [1.82, 2.24) is 9.88 Å². The summed E-state index contributed by atoms with van der Waals surface area (Å²) in [5, 5.41) is 10.0. The second-order valence-corrected chi connectivity index (χ2v) is 5.38. The molecule has 2 atom stereocenters. The Morgan fingerprint density at radius 1 is 1.30 bits per heavy atom. The maximum absolute atomic E-state index is 12.5. The van der Waals surface area contributed by atoms with Gasteiger partial charge in [0, 0.05) is 30.2 Å². The molecule has 5 nitrogen and oxygen atoms in total. The van der Waals surface area contributed by atoms with Crippen molar-refractivity contribution < 1.29 is 14.7 Å². The Balaban J connectivity index is 1.89. The first-order valence-corrected chi connectivity index (χ1v) is 6.66. The smallest absolute Gasteiger partial charge is 0.308 e. The van der Waals surface area contributed by atoms with Crippen molar-refractivity contribution in [2.45, 2.75) is 6.92 Å². The van der Waals surface area contributed by atoms with Gasteiger partial charge < -0.3 is 15.0 Å². The van der Waals surface area contributed by atoms with Gasteiger partial charge >= 0.3 is 5.97 Å². The summed E-state index contributed by atoms with van der Waals surface area (Å²) >= 11 is 0. The Hall–Kier alpha value is -2.30. The number of carboxylic acid groups (broad SMARTS) is 1. The summed E-state index contributed by atoms with van der Waals surface area (Å²) in [7, 11) is 0. The molecule has 1 saturated heterocycles. The zero-order valence-corrected chi connectivity index (χ0v) is 11.2. The summed E-state index contributed by atoms with van der Waals surface area (Å²) < 4.78 is 0. The molecule has 3 rings (SSSR count). The molecule has 104 valence electrons. The van der Waals surface area contributed by atoms with E-state index in [0.717, 1.165) is 10.9 Å².